The van der Waals surface area contributed by atoms with Gasteiger partial charge in [0.05, 0.1) is 0 Å². The molecule has 0 saturated carbocycles. The summed E-state index contributed by atoms with van der Waals surface area (Å²) in [7, 11) is 0. The Kier molecular flexibility index (Phi) is 2.88. The van der Waals surface area contributed by atoms with Crippen molar-refractivity contribution in [3.8, 4) is 5.75 Å². The molecule has 13 heavy (non-hydrogen) atoms. The summed E-state index contributed by atoms with van der Waals surface area (Å²) in [6.45, 7) is 3.61. The van der Waals surface area contributed by atoms with Crippen LogP contribution in [0.5, 0.6) is 5.75 Å². The molecule has 1 aromatic rings. The van der Waals surface area contributed by atoms with E-state index in [0.29, 0.717) is 12.0 Å². The SMILES string of the molecule is Cc1cc(O)c(F)c(CC(C)N)c1. The third-order valence-electron chi connectivity index (χ3n) is 1.81. The Morgan fingerprint density at radius 3 is 2.69 bits per heavy atom. The molecule has 0 aliphatic rings. The maximum atomic E-state index is 13.2. The zero-order valence-electron chi connectivity index (χ0n) is 7.84. The summed E-state index contributed by atoms with van der Waals surface area (Å²) >= 11 is 0. The summed E-state index contributed by atoms with van der Waals surface area (Å²) in [5.74, 6) is -0.849. The van der Waals surface area contributed by atoms with E-state index in [4.69, 9.17) is 5.73 Å². The number of hydrogen-bond donors (Lipinski definition) is 2. The van der Waals surface area contributed by atoms with E-state index in [1.807, 2.05) is 6.92 Å². The lowest BCUT2D eigenvalue weighted by Crippen LogP contribution is -2.18. The van der Waals surface area contributed by atoms with Gasteiger partial charge in [0.15, 0.2) is 11.6 Å². The van der Waals surface area contributed by atoms with Crippen molar-refractivity contribution in [1.29, 1.82) is 0 Å². The van der Waals surface area contributed by atoms with Gasteiger partial charge in [0.1, 0.15) is 0 Å². The number of phenols is 1. The van der Waals surface area contributed by atoms with E-state index >= 15 is 0 Å². The van der Waals surface area contributed by atoms with E-state index in [-0.39, 0.29) is 11.8 Å². The van der Waals surface area contributed by atoms with E-state index < -0.39 is 5.82 Å². The number of rotatable bonds is 2. The van der Waals surface area contributed by atoms with Crippen LogP contribution in [0, 0.1) is 12.7 Å². The van der Waals surface area contributed by atoms with Crippen LogP contribution >= 0.6 is 0 Å². The lowest BCUT2D eigenvalue weighted by Gasteiger charge is -2.08. The Hall–Kier alpha value is -1.09. The Morgan fingerprint density at radius 1 is 1.54 bits per heavy atom. The van der Waals surface area contributed by atoms with Crippen molar-refractivity contribution in [2.45, 2.75) is 26.3 Å². The molecule has 1 rings (SSSR count). The van der Waals surface area contributed by atoms with Crippen molar-refractivity contribution < 1.29 is 9.50 Å². The highest BCUT2D eigenvalue weighted by Crippen LogP contribution is 2.22. The second-order valence-corrected chi connectivity index (χ2v) is 3.44. The van der Waals surface area contributed by atoms with Crippen LogP contribution in [0.4, 0.5) is 4.39 Å². The van der Waals surface area contributed by atoms with Crippen molar-refractivity contribution in [3.63, 3.8) is 0 Å². The molecule has 0 aliphatic carbocycles. The monoisotopic (exact) mass is 183 g/mol. The number of benzene rings is 1. The van der Waals surface area contributed by atoms with Crippen LogP contribution in [0.2, 0.25) is 0 Å². The van der Waals surface area contributed by atoms with Gasteiger partial charge < -0.3 is 10.8 Å². The van der Waals surface area contributed by atoms with Crippen LogP contribution in [0.25, 0.3) is 0 Å². The fraction of sp³-hybridized carbons (Fsp3) is 0.400. The van der Waals surface area contributed by atoms with Crippen LogP contribution in [0.1, 0.15) is 18.1 Å². The van der Waals surface area contributed by atoms with Crippen molar-refractivity contribution in [3.05, 3.63) is 29.1 Å². The number of aromatic hydroxyl groups is 1. The second kappa shape index (κ2) is 3.75. The molecule has 1 atom stereocenters. The van der Waals surface area contributed by atoms with Gasteiger partial charge in [0.25, 0.3) is 0 Å². The molecule has 3 heteroatoms. The molecule has 0 fully saturated rings. The molecule has 3 N–H and O–H groups in total. The van der Waals surface area contributed by atoms with Crippen LogP contribution in [0.3, 0.4) is 0 Å². The predicted octanol–water partition coefficient (Wildman–Crippen LogP) is 1.73. The highest BCUT2D eigenvalue weighted by molar-refractivity contribution is 5.35. The van der Waals surface area contributed by atoms with Gasteiger partial charge in [-0.3, -0.25) is 0 Å². The van der Waals surface area contributed by atoms with Gasteiger partial charge in [-0.2, -0.15) is 0 Å². The average Bonchev–Trinajstić information content (AvgIpc) is 1.98. The van der Waals surface area contributed by atoms with Gasteiger partial charge in [-0.05, 0) is 37.5 Å². The van der Waals surface area contributed by atoms with E-state index in [2.05, 4.69) is 0 Å². The van der Waals surface area contributed by atoms with Crippen LogP contribution in [0.15, 0.2) is 12.1 Å². The topological polar surface area (TPSA) is 46.2 Å². The minimum absolute atomic E-state index is 0.101. The van der Waals surface area contributed by atoms with Gasteiger partial charge in [-0.25, -0.2) is 4.39 Å². The van der Waals surface area contributed by atoms with Gasteiger partial charge in [0, 0.05) is 6.04 Å². The minimum atomic E-state index is -0.553. The number of phenolic OH excluding ortho intramolecular Hbond substituents is 1. The van der Waals surface area contributed by atoms with Crippen LogP contribution in [-0.2, 0) is 6.42 Å². The fourth-order valence-corrected chi connectivity index (χ4v) is 1.32. The first-order chi connectivity index (χ1) is 6.00. The summed E-state index contributed by atoms with van der Waals surface area (Å²) in [6.07, 6.45) is 0.446. The standard InChI is InChI=1S/C10H14FNO/c1-6-3-8(5-7(2)12)10(11)9(13)4-6/h3-4,7,13H,5,12H2,1-2H3. The molecule has 1 aromatic carbocycles. The van der Waals surface area contributed by atoms with E-state index in [9.17, 15) is 9.50 Å². The molecule has 1 unspecified atom stereocenters. The van der Waals surface area contributed by atoms with Crippen molar-refractivity contribution in [2.24, 2.45) is 5.73 Å². The highest BCUT2D eigenvalue weighted by atomic mass is 19.1. The average molecular weight is 183 g/mol. The van der Waals surface area contributed by atoms with E-state index in [0.717, 1.165) is 5.56 Å². The Balaban J connectivity index is 3.05. The van der Waals surface area contributed by atoms with E-state index in [1.165, 1.54) is 6.07 Å². The molecule has 2 nitrogen and oxygen atoms in total. The first-order valence-corrected chi connectivity index (χ1v) is 4.24. The minimum Gasteiger partial charge on any atom is -0.505 e. The molecule has 0 radical (unpaired) electrons. The zero-order chi connectivity index (χ0) is 10.0. The molecular formula is C10H14FNO. The van der Waals surface area contributed by atoms with Gasteiger partial charge >= 0.3 is 0 Å². The lowest BCUT2D eigenvalue weighted by atomic mass is 10.0. The summed E-state index contributed by atoms with van der Waals surface area (Å²) in [5.41, 5.74) is 6.87. The number of nitrogens with two attached hydrogens (primary N) is 1. The molecule has 0 spiro atoms. The van der Waals surface area contributed by atoms with Crippen molar-refractivity contribution in [1.82, 2.24) is 0 Å². The Labute approximate surface area is 77.2 Å². The Morgan fingerprint density at radius 2 is 2.15 bits per heavy atom. The first-order valence-electron chi connectivity index (χ1n) is 4.24. The highest BCUT2D eigenvalue weighted by Gasteiger charge is 2.09. The zero-order valence-corrected chi connectivity index (χ0v) is 7.84. The fourth-order valence-electron chi connectivity index (χ4n) is 1.32. The molecule has 0 aliphatic heterocycles. The number of hydrogen-bond acceptors (Lipinski definition) is 2. The quantitative estimate of drug-likeness (QED) is 0.733. The number of halogens is 1. The third kappa shape index (κ3) is 2.42. The number of aryl methyl sites for hydroxylation is 1. The van der Waals surface area contributed by atoms with Gasteiger partial charge in [-0.15, -0.1) is 0 Å². The lowest BCUT2D eigenvalue weighted by molar-refractivity contribution is 0.427. The molecular weight excluding hydrogens is 169 g/mol. The van der Waals surface area contributed by atoms with Gasteiger partial charge in [-0.1, -0.05) is 6.07 Å². The molecule has 0 heterocycles. The van der Waals surface area contributed by atoms with Gasteiger partial charge in [0.2, 0.25) is 0 Å². The third-order valence-corrected chi connectivity index (χ3v) is 1.81. The molecule has 0 amide bonds. The normalized spacial score (nSPS) is 12.9. The largest absolute Gasteiger partial charge is 0.505 e. The second-order valence-electron chi connectivity index (χ2n) is 3.44. The molecule has 0 bridgehead atoms. The Bertz CT molecular complexity index is 310. The summed E-state index contributed by atoms with van der Waals surface area (Å²) < 4.78 is 13.2. The maximum Gasteiger partial charge on any atom is 0.168 e. The van der Waals surface area contributed by atoms with Crippen molar-refractivity contribution in [2.75, 3.05) is 0 Å². The summed E-state index contributed by atoms with van der Waals surface area (Å²) in [5, 5.41) is 9.18. The van der Waals surface area contributed by atoms with Crippen molar-refractivity contribution >= 4 is 0 Å². The first kappa shape index (κ1) is 9.99. The maximum absolute atomic E-state index is 13.2. The summed E-state index contributed by atoms with van der Waals surface area (Å²) in [4.78, 5) is 0. The smallest absolute Gasteiger partial charge is 0.168 e. The predicted molar refractivity (Wildman–Crippen MR) is 50.2 cm³/mol. The molecule has 72 valence electrons. The molecule has 0 aromatic heterocycles. The van der Waals surface area contributed by atoms with Crippen LogP contribution < -0.4 is 5.73 Å². The van der Waals surface area contributed by atoms with Crippen LogP contribution in [-0.4, -0.2) is 11.1 Å². The summed E-state index contributed by atoms with van der Waals surface area (Å²) in [6, 6.07) is 3.01. The van der Waals surface area contributed by atoms with E-state index in [1.54, 1.807) is 13.0 Å². The molecule has 0 saturated heterocycles.